The Labute approximate surface area is 118 Å². The molecule has 1 unspecified atom stereocenters. The summed E-state index contributed by atoms with van der Waals surface area (Å²) in [5.41, 5.74) is 6.94. The van der Waals surface area contributed by atoms with Gasteiger partial charge in [0.05, 0.1) is 0 Å². The molecule has 2 rings (SSSR count). The highest BCUT2D eigenvalue weighted by Gasteiger charge is 2.15. The number of ether oxygens (including phenoxy) is 1. The number of nitrogens with two attached hydrogens (primary N) is 1. The fraction of sp³-hybridized carbons (Fsp3) is 0.571. The van der Waals surface area contributed by atoms with Crippen LogP contribution in [0.3, 0.4) is 0 Å². The number of halogens is 1. The van der Waals surface area contributed by atoms with Crippen LogP contribution in [0.25, 0.3) is 0 Å². The van der Waals surface area contributed by atoms with E-state index in [9.17, 15) is 0 Å². The van der Waals surface area contributed by atoms with Gasteiger partial charge in [-0.05, 0) is 43.9 Å². The Morgan fingerprint density at radius 3 is 2.78 bits per heavy atom. The van der Waals surface area contributed by atoms with E-state index in [2.05, 4.69) is 18.2 Å². The van der Waals surface area contributed by atoms with Crippen LogP contribution in [0.15, 0.2) is 23.1 Å². The number of hydrogen-bond donors (Lipinski definition) is 1. The molecule has 0 spiro atoms. The fourth-order valence-corrected chi connectivity index (χ4v) is 3.57. The van der Waals surface area contributed by atoms with Gasteiger partial charge in [-0.25, -0.2) is 0 Å². The molecule has 0 amide bonds. The summed E-state index contributed by atoms with van der Waals surface area (Å²) in [5.74, 6) is 0. The predicted molar refractivity (Wildman–Crippen MR) is 78.5 cm³/mol. The average molecular weight is 286 g/mol. The SMILES string of the molecule is CC(N)Cc1ccc(SC2CCOCC2)cc1Cl. The lowest BCUT2D eigenvalue weighted by atomic mass is 10.1. The van der Waals surface area contributed by atoms with E-state index in [0.717, 1.165) is 43.1 Å². The standard InChI is InChI=1S/C14H20ClNOS/c1-10(16)8-11-2-3-13(9-14(11)15)18-12-4-6-17-7-5-12/h2-3,9-10,12H,4-8,16H2,1H3. The fourth-order valence-electron chi connectivity index (χ4n) is 2.10. The molecule has 1 atom stereocenters. The third-order valence-electron chi connectivity index (χ3n) is 3.04. The van der Waals surface area contributed by atoms with Gasteiger partial charge in [0.2, 0.25) is 0 Å². The second-order valence-corrected chi connectivity index (χ2v) is 6.65. The van der Waals surface area contributed by atoms with Crippen molar-refractivity contribution in [2.45, 2.75) is 42.4 Å². The zero-order valence-corrected chi connectivity index (χ0v) is 12.3. The van der Waals surface area contributed by atoms with E-state index in [-0.39, 0.29) is 6.04 Å². The minimum Gasteiger partial charge on any atom is -0.381 e. The van der Waals surface area contributed by atoms with Crippen LogP contribution in [0.5, 0.6) is 0 Å². The van der Waals surface area contributed by atoms with E-state index in [1.807, 2.05) is 18.7 Å². The zero-order chi connectivity index (χ0) is 13.0. The van der Waals surface area contributed by atoms with Crippen LogP contribution in [0.1, 0.15) is 25.3 Å². The van der Waals surface area contributed by atoms with Gasteiger partial charge in [0.25, 0.3) is 0 Å². The monoisotopic (exact) mass is 285 g/mol. The van der Waals surface area contributed by atoms with Crippen LogP contribution in [0.2, 0.25) is 5.02 Å². The van der Waals surface area contributed by atoms with Gasteiger partial charge in [-0.2, -0.15) is 0 Å². The highest BCUT2D eigenvalue weighted by Crippen LogP contribution is 2.32. The molecule has 1 aromatic rings. The summed E-state index contributed by atoms with van der Waals surface area (Å²) in [6, 6.07) is 6.48. The normalized spacial score (nSPS) is 18.8. The van der Waals surface area contributed by atoms with E-state index in [1.165, 1.54) is 4.90 Å². The molecule has 1 saturated heterocycles. The second-order valence-electron chi connectivity index (χ2n) is 4.86. The second kappa shape index (κ2) is 6.80. The lowest BCUT2D eigenvalue weighted by Crippen LogP contribution is -2.18. The number of thioether (sulfide) groups is 1. The molecule has 0 aliphatic carbocycles. The van der Waals surface area contributed by atoms with Crippen molar-refractivity contribution in [3.63, 3.8) is 0 Å². The third kappa shape index (κ3) is 4.16. The van der Waals surface area contributed by atoms with Crippen molar-refractivity contribution in [2.24, 2.45) is 5.73 Å². The molecule has 18 heavy (non-hydrogen) atoms. The van der Waals surface area contributed by atoms with Crippen molar-refractivity contribution >= 4 is 23.4 Å². The van der Waals surface area contributed by atoms with Crippen molar-refractivity contribution in [3.8, 4) is 0 Å². The molecule has 0 bridgehead atoms. The van der Waals surface area contributed by atoms with Gasteiger partial charge in [0.15, 0.2) is 0 Å². The summed E-state index contributed by atoms with van der Waals surface area (Å²) < 4.78 is 5.37. The Balaban J connectivity index is 1.99. The molecule has 1 aromatic carbocycles. The minimum absolute atomic E-state index is 0.150. The topological polar surface area (TPSA) is 35.2 Å². The number of rotatable bonds is 4. The van der Waals surface area contributed by atoms with Gasteiger partial charge in [-0.15, -0.1) is 11.8 Å². The van der Waals surface area contributed by atoms with E-state index in [0.29, 0.717) is 5.25 Å². The summed E-state index contributed by atoms with van der Waals surface area (Å²) in [6.45, 7) is 3.77. The summed E-state index contributed by atoms with van der Waals surface area (Å²) in [4.78, 5) is 1.25. The van der Waals surface area contributed by atoms with Crippen molar-refractivity contribution in [3.05, 3.63) is 28.8 Å². The molecule has 4 heteroatoms. The molecule has 0 aromatic heterocycles. The van der Waals surface area contributed by atoms with Gasteiger partial charge in [-0.3, -0.25) is 0 Å². The van der Waals surface area contributed by atoms with Crippen molar-refractivity contribution in [1.29, 1.82) is 0 Å². The van der Waals surface area contributed by atoms with E-state index < -0.39 is 0 Å². The molecule has 0 radical (unpaired) electrons. The van der Waals surface area contributed by atoms with Crippen LogP contribution in [0.4, 0.5) is 0 Å². The Kier molecular flexibility index (Phi) is 5.37. The molecule has 1 heterocycles. The molecule has 100 valence electrons. The summed E-state index contributed by atoms with van der Waals surface area (Å²) in [6.07, 6.45) is 3.09. The molecule has 2 N–H and O–H groups in total. The van der Waals surface area contributed by atoms with Gasteiger partial charge >= 0.3 is 0 Å². The Morgan fingerprint density at radius 2 is 2.17 bits per heavy atom. The molecule has 1 aliphatic rings. The van der Waals surface area contributed by atoms with Crippen LogP contribution in [-0.4, -0.2) is 24.5 Å². The maximum Gasteiger partial charge on any atom is 0.0476 e. The summed E-state index contributed by atoms with van der Waals surface area (Å²) in [7, 11) is 0. The lowest BCUT2D eigenvalue weighted by molar-refractivity contribution is 0.100. The Bertz CT molecular complexity index is 391. The van der Waals surface area contributed by atoms with Crippen molar-refractivity contribution < 1.29 is 4.74 Å². The van der Waals surface area contributed by atoms with E-state index in [1.54, 1.807) is 0 Å². The average Bonchev–Trinajstić information content (AvgIpc) is 2.33. The zero-order valence-electron chi connectivity index (χ0n) is 10.7. The number of benzene rings is 1. The Morgan fingerprint density at radius 1 is 1.44 bits per heavy atom. The highest BCUT2D eigenvalue weighted by molar-refractivity contribution is 8.00. The molecule has 2 nitrogen and oxygen atoms in total. The first-order chi connectivity index (χ1) is 8.65. The summed E-state index contributed by atoms with van der Waals surface area (Å²) in [5, 5.41) is 1.50. The van der Waals surface area contributed by atoms with Crippen LogP contribution >= 0.6 is 23.4 Å². The maximum atomic E-state index is 6.30. The van der Waals surface area contributed by atoms with Gasteiger partial charge in [0.1, 0.15) is 0 Å². The third-order valence-corrected chi connectivity index (χ3v) is 4.72. The molecule has 1 fully saturated rings. The minimum atomic E-state index is 0.150. The van der Waals surface area contributed by atoms with Crippen molar-refractivity contribution in [1.82, 2.24) is 0 Å². The van der Waals surface area contributed by atoms with Gasteiger partial charge in [0, 0.05) is 34.4 Å². The largest absolute Gasteiger partial charge is 0.381 e. The maximum absolute atomic E-state index is 6.30. The highest BCUT2D eigenvalue weighted by atomic mass is 35.5. The van der Waals surface area contributed by atoms with E-state index in [4.69, 9.17) is 22.1 Å². The first-order valence-electron chi connectivity index (χ1n) is 6.43. The quantitative estimate of drug-likeness (QED) is 0.920. The molecule has 1 aliphatic heterocycles. The van der Waals surface area contributed by atoms with Crippen LogP contribution < -0.4 is 5.73 Å². The smallest absolute Gasteiger partial charge is 0.0476 e. The van der Waals surface area contributed by atoms with Crippen LogP contribution in [-0.2, 0) is 11.2 Å². The van der Waals surface area contributed by atoms with Gasteiger partial charge < -0.3 is 10.5 Å². The summed E-state index contributed by atoms with van der Waals surface area (Å²) >= 11 is 8.21. The predicted octanol–water partition coefficient (Wildman–Crippen LogP) is 3.50. The lowest BCUT2D eigenvalue weighted by Gasteiger charge is -2.21. The van der Waals surface area contributed by atoms with E-state index >= 15 is 0 Å². The van der Waals surface area contributed by atoms with Gasteiger partial charge in [-0.1, -0.05) is 17.7 Å². The first kappa shape index (κ1) is 14.2. The van der Waals surface area contributed by atoms with Crippen LogP contribution in [0, 0.1) is 0 Å². The van der Waals surface area contributed by atoms with Crippen molar-refractivity contribution in [2.75, 3.05) is 13.2 Å². The number of hydrogen-bond acceptors (Lipinski definition) is 3. The molecular weight excluding hydrogens is 266 g/mol. The molecular formula is C14H20ClNOS. The molecule has 0 saturated carbocycles. The Hall–Kier alpha value is -0.220. The first-order valence-corrected chi connectivity index (χ1v) is 7.69.